The van der Waals surface area contributed by atoms with E-state index in [9.17, 15) is 0 Å². The van der Waals surface area contributed by atoms with Crippen LogP contribution in [0.1, 0.15) is 0 Å². The van der Waals surface area contributed by atoms with Gasteiger partial charge in [-0.3, -0.25) is 0 Å². The van der Waals surface area contributed by atoms with Crippen LogP contribution in [-0.2, 0) is 0 Å². The molecule has 0 fully saturated rings. The van der Waals surface area contributed by atoms with Crippen LogP contribution in [0.5, 0.6) is 0 Å². The molecule has 0 aromatic rings. The zero-order valence-electron chi connectivity index (χ0n) is 2.42. The first-order valence-electron chi connectivity index (χ1n) is 0.565. The maximum absolute atomic E-state index is 8.36. The van der Waals surface area contributed by atoms with E-state index in [1.54, 1.807) is 0 Å². The summed E-state index contributed by atoms with van der Waals surface area (Å²) in [5.41, 5.74) is 0. The summed E-state index contributed by atoms with van der Waals surface area (Å²) in [5, 5.41) is 13.6. The molecule has 0 amide bonds. The van der Waals surface area contributed by atoms with Gasteiger partial charge in [0.2, 0.25) is 0 Å². The van der Waals surface area contributed by atoms with E-state index < -0.39 is 5.09 Å². The predicted molar refractivity (Wildman–Crippen MR) is 8.78 cm³/mol. The fraction of sp³-hybridized carbons (Fsp3) is 0. The summed E-state index contributed by atoms with van der Waals surface area (Å²) in [6.07, 6.45) is 0. The van der Waals surface area contributed by atoms with Crippen molar-refractivity contribution in [2.75, 3.05) is 0 Å². The van der Waals surface area contributed by atoms with E-state index in [0.29, 0.717) is 0 Å². The van der Waals surface area contributed by atoms with E-state index in [4.69, 9.17) is 15.3 Å². The molecule has 5 heteroatoms. The van der Waals surface area contributed by atoms with Gasteiger partial charge in [0.15, 0.2) is 0 Å². The van der Waals surface area contributed by atoms with Crippen molar-refractivity contribution in [3.63, 3.8) is 0 Å². The van der Waals surface area contributed by atoms with Gasteiger partial charge in [-0.25, -0.2) is 0 Å². The molecule has 0 atom stereocenters. The Hall–Kier alpha value is 0.668. The third-order valence-electron chi connectivity index (χ3n) is 0. The topological polar surface area (TPSA) is 63.4 Å². The summed E-state index contributed by atoms with van der Waals surface area (Å²) in [6, 6.07) is 0. The van der Waals surface area contributed by atoms with Gasteiger partial charge in [-0.05, 0) is 0 Å². The third kappa shape index (κ3) is 74.5. The number of hydrogen-bond acceptors (Lipinski definition) is 2. The molecule has 0 aliphatic carbocycles. The van der Waals surface area contributed by atoms with Crippen molar-refractivity contribution in [1.82, 2.24) is 0 Å². The molecule has 0 bridgehead atoms. The van der Waals surface area contributed by atoms with Gasteiger partial charge in [0.1, 0.15) is 0 Å². The second-order valence-electron chi connectivity index (χ2n) is 0.238. The molecule has 0 aliphatic rings. The molecule has 0 saturated carbocycles. The van der Waals surface area contributed by atoms with Crippen molar-refractivity contribution in [2.24, 2.45) is 0 Å². The Morgan fingerprint density at radius 3 is 1.80 bits per heavy atom. The molecular formula is HNO3Ra. The van der Waals surface area contributed by atoms with Crippen LogP contribution < -0.4 is 0 Å². The van der Waals surface area contributed by atoms with Gasteiger partial charge in [0, 0.05) is 45.0 Å². The quantitative estimate of drug-likeness (QED) is 0.490. The molecule has 5 heavy (non-hydrogen) atoms. The Morgan fingerprint density at radius 1 is 1.80 bits per heavy atom. The van der Waals surface area contributed by atoms with Crippen molar-refractivity contribution in [1.29, 1.82) is 0 Å². The molecule has 1 N–H and O–H groups in total. The summed E-state index contributed by atoms with van der Waals surface area (Å²) in [7, 11) is 0. The minimum absolute atomic E-state index is 0. The van der Waals surface area contributed by atoms with E-state index in [0.717, 1.165) is 0 Å². The number of rotatable bonds is 0. The first kappa shape index (κ1) is 9.18. The van der Waals surface area contributed by atoms with Crippen LogP contribution in [0.4, 0.5) is 0 Å². The molecule has 0 aromatic carbocycles. The molecule has 0 unspecified atom stereocenters. The van der Waals surface area contributed by atoms with Crippen molar-refractivity contribution in [2.45, 2.75) is 0 Å². The minimum Gasteiger partial charge on any atom is -0.328 e. The summed E-state index contributed by atoms with van der Waals surface area (Å²) < 4.78 is 0. The maximum atomic E-state index is 8.36. The maximum Gasteiger partial charge on any atom is 0.291 e. The van der Waals surface area contributed by atoms with E-state index in [1.807, 2.05) is 0 Å². The fourth-order valence-electron chi connectivity index (χ4n) is 0. The van der Waals surface area contributed by atoms with E-state index in [-0.39, 0.29) is 45.0 Å². The Kier molecular flexibility index (Phi) is 8.57. The van der Waals surface area contributed by atoms with Crippen molar-refractivity contribution < 1.29 is 55.3 Å². The van der Waals surface area contributed by atoms with Crippen molar-refractivity contribution in [3.8, 4) is 0 Å². The Morgan fingerprint density at radius 2 is 1.80 bits per heavy atom. The molecule has 0 saturated heterocycles. The average Bonchev–Trinajstić information content (AvgIpc) is 0.811. The van der Waals surface area contributed by atoms with Crippen LogP contribution in [0, 0.1) is 55.1 Å². The van der Waals surface area contributed by atoms with Crippen molar-refractivity contribution in [3.05, 3.63) is 10.1 Å². The SMILES string of the molecule is O=[N+]([O-])O.[Ra]. The molecule has 4 nitrogen and oxygen atoms in total. The van der Waals surface area contributed by atoms with Gasteiger partial charge in [0.25, 0.3) is 5.09 Å². The zero-order valence-corrected chi connectivity index (χ0v) is 8.23. The standard InChI is InChI=1S/HNO3.Ra/c2-1(3)4;/h(H,2,3,4);. The van der Waals surface area contributed by atoms with Crippen LogP contribution >= 0.6 is 0 Å². The third-order valence-corrected chi connectivity index (χ3v) is 0. The first-order valence-corrected chi connectivity index (χ1v) is 0.565. The molecule has 2 radical (unpaired) electrons. The zero-order chi connectivity index (χ0) is 3.58. The largest absolute Gasteiger partial charge is 0.328 e. The van der Waals surface area contributed by atoms with Gasteiger partial charge in [-0.2, -0.15) is 0 Å². The Balaban J connectivity index is 0. The second kappa shape index (κ2) is 4.67. The molecule has 26 valence electrons. The van der Waals surface area contributed by atoms with Crippen LogP contribution in [0.2, 0.25) is 0 Å². The van der Waals surface area contributed by atoms with Gasteiger partial charge in [-0.1, -0.05) is 0 Å². The van der Waals surface area contributed by atoms with Crippen LogP contribution in [0.15, 0.2) is 0 Å². The number of nitrogens with zero attached hydrogens (tertiary/aromatic N) is 1. The molecule has 0 spiro atoms. The predicted octanol–water partition coefficient (Wildman–Crippen LogP) is -0.348. The second-order valence-corrected chi connectivity index (χ2v) is 0.238. The summed E-state index contributed by atoms with van der Waals surface area (Å²) in [6.45, 7) is 0. The van der Waals surface area contributed by atoms with Gasteiger partial charge in [-0.15, -0.1) is 10.1 Å². The van der Waals surface area contributed by atoms with Gasteiger partial charge in [0.05, 0.1) is 0 Å². The summed E-state index contributed by atoms with van der Waals surface area (Å²) in [4.78, 5) is 8.36. The van der Waals surface area contributed by atoms with Gasteiger partial charge < -0.3 is 5.21 Å². The van der Waals surface area contributed by atoms with E-state index >= 15 is 0 Å². The van der Waals surface area contributed by atoms with Crippen LogP contribution in [0.3, 0.4) is 0 Å². The first-order chi connectivity index (χ1) is 1.73. The Bertz CT molecular complexity index is 29.9. The summed E-state index contributed by atoms with van der Waals surface area (Å²) in [5.74, 6) is 0. The average molecular weight is 289 g/mol. The number of hydrogen-bond donors (Lipinski definition) is 1. The van der Waals surface area contributed by atoms with Gasteiger partial charge >= 0.3 is 0 Å². The minimum atomic E-state index is -1.50. The molecular weight excluding hydrogens is 288 g/mol. The fourth-order valence-corrected chi connectivity index (χ4v) is 0. The van der Waals surface area contributed by atoms with Crippen LogP contribution in [-0.4, -0.2) is 10.3 Å². The Labute approximate surface area is 64.7 Å². The molecule has 0 heterocycles. The molecule has 0 aliphatic heterocycles. The van der Waals surface area contributed by atoms with Crippen LogP contribution in [0.25, 0.3) is 0 Å². The van der Waals surface area contributed by atoms with E-state index in [2.05, 4.69) is 0 Å². The van der Waals surface area contributed by atoms with Crippen molar-refractivity contribution >= 4 is 0 Å². The summed E-state index contributed by atoms with van der Waals surface area (Å²) >= 11 is 0. The monoisotopic (exact) mass is 289 g/mol. The normalized spacial score (nSPS) is 4.80. The van der Waals surface area contributed by atoms with E-state index in [1.165, 1.54) is 0 Å². The molecule has 0 aromatic heterocycles. The molecule has 0 rings (SSSR count). The smallest absolute Gasteiger partial charge is 0.291 e.